The van der Waals surface area contributed by atoms with Gasteiger partial charge in [0.1, 0.15) is 17.6 Å². The molecule has 0 fully saturated rings. The summed E-state index contributed by atoms with van der Waals surface area (Å²) < 4.78 is 39.8. The summed E-state index contributed by atoms with van der Waals surface area (Å²) in [6.45, 7) is 3.48. The molecule has 0 saturated heterocycles. The van der Waals surface area contributed by atoms with Gasteiger partial charge in [-0.05, 0) is 25.5 Å². The number of rotatable bonds is 6. The molecule has 2 heterocycles. The maximum absolute atomic E-state index is 12.7. The monoisotopic (exact) mass is 341 g/mol. The van der Waals surface area contributed by atoms with Gasteiger partial charge in [0.15, 0.2) is 0 Å². The average molecular weight is 341 g/mol. The molecule has 6 nitrogen and oxygen atoms in total. The third kappa shape index (κ3) is 4.53. The van der Waals surface area contributed by atoms with Gasteiger partial charge in [0.25, 0.3) is 0 Å². The van der Waals surface area contributed by atoms with E-state index in [4.69, 9.17) is 0 Å². The highest BCUT2D eigenvalue weighted by Crippen LogP contribution is 2.27. The zero-order valence-corrected chi connectivity index (χ0v) is 13.3. The van der Waals surface area contributed by atoms with Crippen LogP contribution >= 0.6 is 0 Å². The molecule has 24 heavy (non-hydrogen) atoms. The van der Waals surface area contributed by atoms with E-state index in [1.54, 1.807) is 23.1 Å². The quantitative estimate of drug-likeness (QED) is 0.875. The molecule has 9 heteroatoms. The summed E-state index contributed by atoms with van der Waals surface area (Å²) in [5, 5.41) is 6.72. The first-order chi connectivity index (χ1) is 11.3. The molecule has 0 aliphatic heterocycles. The van der Waals surface area contributed by atoms with Crippen LogP contribution in [0.15, 0.2) is 24.5 Å². The predicted octanol–water partition coefficient (Wildman–Crippen LogP) is 2.31. The van der Waals surface area contributed by atoms with Crippen molar-refractivity contribution in [2.45, 2.75) is 38.9 Å². The zero-order chi connectivity index (χ0) is 17.7. The molecule has 0 radical (unpaired) electrons. The first-order valence-corrected chi connectivity index (χ1v) is 7.50. The Morgan fingerprint density at radius 3 is 2.71 bits per heavy atom. The van der Waals surface area contributed by atoms with E-state index in [9.17, 15) is 18.0 Å². The van der Waals surface area contributed by atoms with Crippen molar-refractivity contribution in [1.29, 1.82) is 0 Å². The van der Waals surface area contributed by atoms with E-state index in [-0.39, 0.29) is 30.4 Å². The molecule has 0 aromatic carbocycles. The Bertz CT molecular complexity index is 685. The van der Waals surface area contributed by atoms with E-state index in [2.05, 4.69) is 20.4 Å². The van der Waals surface area contributed by atoms with Gasteiger partial charge in [-0.15, -0.1) is 0 Å². The van der Waals surface area contributed by atoms with Gasteiger partial charge in [-0.1, -0.05) is 6.92 Å². The smallest absolute Gasteiger partial charge is 0.354 e. The van der Waals surface area contributed by atoms with E-state index in [0.29, 0.717) is 6.42 Å². The molecule has 130 valence electrons. The van der Waals surface area contributed by atoms with Crippen LogP contribution in [0.25, 0.3) is 0 Å². The van der Waals surface area contributed by atoms with Gasteiger partial charge < -0.3 is 5.32 Å². The molecule has 1 N–H and O–H groups in total. The number of hydrogen-bond donors (Lipinski definition) is 1. The van der Waals surface area contributed by atoms with Crippen LogP contribution in [0, 0.1) is 6.92 Å². The highest BCUT2D eigenvalue weighted by Gasteiger charge is 2.33. The lowest BCUT2D eigenvalue weighted by Crippen LogP contribution is -2.34. The Labute approximate surface area is 137 Å². The minimum Gasteiger partial charge on any atom is -0.354 e. The molecule has 0 spiro atoms. The van der Waals surface area contributed by atoms with Gasteiger partial charge in [-0.3, -0.25) is 9.48 Å². The van der Waals surface area contributed by atoms with Crippen LogP contribution in [0.1, 0.15) is 36.6 Å². The summed E-state index contributed by atoms with van der Waals surface area (Å²) in [6, 6.07) is 2.16. The Morgan fingerprint density at radius 2 is 2.12 bits per heavy atom. The molecule has 0 saturated carbocycles. The summed E-state index contributed by atoms with van der Waals surface area (Å²) in [5.41, 5.74) is -0.735. The van der Waals surface area contributed by atoms with Crippen LogP contribution in [0.2, 0.25) is 0 Å². The number of halogens is 3. The van der Waals surface area contributed by atoms with Gasteiger partial charge in [0.05, 0.1) is 0 Å². The lowest BCUT2D eigenvalue weighted by Gasteiger charge is -2.15. The van der Waals surface area contributed by atoms with Gasteiger partial charge in [0, 0.05) is 31.1 Å². The highest BCUT2D eigenvalue weighted by molar-refractivity contribution is 5.80. The number of nitrogens with zero attached hydrogens (tertiary/aromatic N) is 4. The fraction of sp³-hybridized carbons (Fsp3) is 0.467. The summed E-state index contributed by atoms with van der Waals surface area (Å²) in [7, 11) is 0. The van der Waals surface area contributed by atoms with Gasteiger partial charge in [0.2, 0.25) is 5.91 Å². The van der Waals surface area contributed by atoms with Gasteiger partial charge in [-0.25, -0.2) is 9.97 Å². The van der Waals surface area contributed by atoms with Crippen LogP contribution < -0.4 is 5.32 Å². The third-order valence-electron chi connectivity index (χ3n) is 3.37. The number of amides is 1. The Hall–Kier alpha value is -2.45. The largest absolute Gasteiger partial charge is 0.433 e. The molecule has 2 aromatic heterocycles. The summed E-state index contributed by atoms with van der Waals surface area (Å²) in [5.74, 6) is -0.195. The fourth-order valence-corrected chi connectivity index (χ4v) is 2.26. The van der Waals surface area contributed by atoms with E-state index in [1.807, 2.05) is 6.92 Å². The van der Waals surface area contributed by atoms with Crippen LogP contribution in [-0.4, -0.2) is 32.2 Å². The van der Waals surface area contributed by atoms with Crippen molar-refractivity contribution in [2.75, 3.05) is 6.54 Å². The maximum atomic E-state index is 12.7. The third-order valence-corrected chi connectivity index (χ3v) is 3.37. The van der Waals surface area contributed by atoms with Crippen molar-refractivity contribution in [2.24, 2.45) is 0 Å². The normalized spacial score (nSPS) is 12.9. The lowest BCUT2D eigenvalue weighted by molar-refractivity contribution is -0.141. The molecule has 1 atom stereocenters. The number of carbonyl (C=O) groups excluding carboxylic acids is 1. The molecular weight excluding hydrogens is 323 g/mol. The van der Waals surface area contributed by atoms with Gasteiger partial charge in [-0.2, -0.15) is 18.3 Å². The van der Waals surface area contributed by atoms with E-state index < -0.39 is 17.9 Å². The second-order valence-electron chi connectivity index (χ2n) is 5.26. The molecule has 0 unspecified atom stereocenters. The second kappa shape index (κ2) is 7.41. The molecule has 2 rings (SSSR count). The zero-order valence-electron chi connectivity index (χ0n) is 13.3. The standard InChI is InChI=1S/C15H18F3N5O/c1-3-11(23-8-4-6-20-23)14(24)19-7-5-13-21-10(2)9-12(22-13)15(16,17)18/h4,6,8-9,11H,3,5,7H2,1-2H3,(H,19,24)/t11-/m1/s1. The Morgan fingerprint density at radius 1 is 1.38 bits per heavy atom. The molecule has 0 aliphatic rings. The van der Waals surface area contributed by atoms with Crippen LogP contribution in [0.4, 0.5) is 13.2 Å². The summed E-state index contributed by atoms with van der Waals surface area (Å²) in [4.78, 5) is 19.7. The van der Waals surface area contributed by atoms with E-state index in [0.717, 1.165) is 6.07 Å². The number of carbonyl (C=O) groups is 1. The van der Waals surface area contributed by atoms with Crippen LogP contribution in [-0.2, 0) is 17.4 Å². The summed E-state index contributed by atoms with van der Waals surface area (Å²) in [6.07, 6.45) is -0.583. The van der Waals surface area contributed by atoms with Crippen LogP contribution in [0.5, 0.6) is 0 Å². The number of aryl methyl sites for hydroxylation is 1. The SMILES string of the molecule is CC[C@H](C(=O)NCCc1nc(C)cc(C(F)(F)F)n1)n1cccn1. The lowest BCUT2D eigenvalue weighted by atomic mass is 10.2. The van der Waals surface area contributed by atoms with E-state index >= 15 is 0 Å². The van der Waals surface area contributed by atoms with Crippen molar-refractivity contribution in [3.8, 4) is 0 Å². The minimum absolute atomic E-state index is 0.0507. The highest BCUT2D eigenvalue weighted by atomic mass is 19.4. The average Bonchev–Trinajstić information content (AvgIpc) is 3.00. The first-order valence-electron chi connectivity index (χ1n) is 7.50. The number of nitrogens with one attached hydrogen (secondary N) is 1. The molecule has 1 amide bonds. The molecule has 0 aliphatic carbocycles. The van der Waals surface area contributed by atoms with Crippen molar-refractivity contribution >= 4 is 5.91 Å². The van der Waals surface area contributed by atoms with Crippen molar-refractivity contribution in [3.05, 3.63) is 41.7 Å². The Balaban J connectivity index is 1.96. The maximum Gasteiger partial charge on any atom is 0.433 e. The topological polar surface area (TPSA) is 72.7 Å². The minimum atomic E-state index is -4.51. The van der Waals surface area contributed by atoms with Gasteiger partial charge >= 0.3 is 6.18 Å². The molecular formula is C15H18F3N5O. The molecule has 2 aromatic rings. The Kier molecular flexibility index (Phi) is 5.53. The molecule has 0 bridgehead atoms. The fourth-order valence-electron chi connectivity index (χ4n) is 2.26. The number of alkyl halides is 3. The number of aromatic nitrogens is 4. The van der Waals surface area contributed by atoms with Crippen molar-refractivity contribution < 1.29 is 18.0 Å². The summed E-state index contributed by atoms with van der Waals surface area (Å²) >= 11 is 0. The van der Waals surface area contributed by atoms with E-state index in [1.165, 1.54) is 6.92 Å². The van der Waals surface area contributed by atoms with Crippen molar-refractivity contribution in [1.82, 2.24) is 25.1 Å². The first kappa shape index (κ1) is 17.9. The number of hydrogen-bond acceptors (Lipinski definition) is 4. The predicted molar refractivity (Wildman–Crippen MR) is 80.0 cm³/mol. The van der Waals surface area contributed by atoms with Crippen molar-refractivity contribution in [3.63, 3.8) is 0 Å². The second-order valence-corrected chi connectivity index (χ2v) is 5.26. The van der Waals surface area contributed by atoms with Crippen LogP contribution in [0.3, 0.4) is 0 Å².